The standard InChI is InChI=1S/C15H14N2O4/c1-19-14-7-6-10(8-16-14)17-15(18)13-9-20-11-4-2-3-5-12(11)21-13/h2-8,13H,9H2,1H3,(H,17,18). The molecule has 2 aromatic rings. The molecule has 2 heterocycles. The average molecular weight is 286 g/mol. The third kappa shape index (κ3) is 2.89. The molecular formula is C15H14N2O4. The van der Waals surface area contributed by atoms with Crippen LogP contribution in [-0.4, -0.2) is 30.7 Å². The van der Waals surface area contributed by atoms with E-state index in [-0.39, 0.29) is 12.5 Å². The molecule has 1 aromatic carbocycles. The Morgan fingerprint density at radius 1 is 1.29 bits per heavy atom. The van der Waals surface area contributed by atoms with Gasteiger partial charge in [0.1, 0.15) is 6.61 Å². The van der Waals surface area contributed by atoms with Crippen LogP contribution in [0, 0.1) is 0 Å². The third-order valence-corrected chi connectivity index (χ3v) is 3.01. The van der Waals surface area contributed by atoms with Gasteiger partial charge in [-0.3, -0.25) is 4.79 Å². The number of ether oxygens (including phenoxy) is 3. The van der Waals surface area contributed by atoms with E-state index in [4.69, 9.17) is 14.2 Å². The van der Waals surface area contributed by atoms with Crippen LogP contribution in [0.15, 0.2) is 42.6 Å². The molecule has 0 saturated carbocycles. The van der Waals surface area contributed by atoms with Crippen LogP contribution in [0.3, 0.4) is 0 Å². The molecule has 0 saturated heterocycles. The highest BCUT2D eigenvalue weighted by molar-refractivity contribution is 5.94. The van der Waals surface area contributed by atoms with Crippen LogP contribution in [0.4, 0.5) is 5.69 Å². The Hall–Kier alpha value is -2.76. The Morgan fingerprint density at radius 2 is 2.10 bits per heavy atom. The first-order valence-corrected chi connectivity index (χ1v) is 6.45. The first-order chi connectivity index (χ1) is 10.3. The van der Waals surface area contributed by atoms with Crippen LogP contribution in [0.25, 0.3) is 0 Å². The van der Waals surface area contributed by atoms with E-state index in [9.17, 15) is 4.79 Å². The van der Waals surface area contributed by atoms with Gasteiger partial charge in [-0.1, -0.05) is 12.1 Å². The van der Waals surface area contributed by atoms with Crippen molar-refractivity contribution in [1.29, 1.82) is 0 Å². The average Bonchev–Trinajstić information content (AvgIpc) is 2.55. The summed E-state index contributed by atoms with van der Waals surface area (Å²) >= 11 is 0. The van der Waals surface area contributed by atoms with Crippen molar-refractivity contribution in [3.8, 4) is 17.4 Å². The number of rotatable bonds is 3. The second-order valence-electron chi connectivity index (χ2n) is 4.44. The number of carbonyl (C=O) groups excluding carboxylic acids is 1. The third-order valence-electron chi connectivity index (χ3n) is 3.01. The molecule has 3 rings (SSSR count). The first kappa shape index (κ1) is 13.2. The topological polar surface area (TPSA) is 69.7 Å². The zero-order valence-electron chi connectivity index (χ0n) is 11.4. The fourth-order valence-corrected chi connectivity index (χ4v) is 1.95. The molecule has 1 aliphatic heterocycles. The van der Waals surface area contributed by atoms with Gasteiger partial charge in [-0.05, 0) is 18.2 Å². The lowest BCUT2D eigenvalue weighted by Gasteiger charge is -2.25. The zero-order valence-corrected chi connectivity index (χ0v) is 11.4. The van der Waals surface area contributed by atoms with Crippen molar-refractivity contribution < 1.29 is 19.0 Å². The number of amides is 1. The minimum absolute atomic E-state index is 0.173. The summed E-state index contributed by atoms with van der Waals surface area (Å²) in [5.74, 6) is 1.42. The molecule has 1 unspecified atom stereocenters. The molecule has 1 atom stereocenters. The molecule has 1 aliphatic rings. The van der Waals surface area contributed by atoms with Crippen molar-refractivity contribution >= 4 is 11.6 Å². The molecule has 1 amide bonds. The van der Waals surface area contributed by atoms with Gasteiger partial charge in [0, 0.05) is 6.07 Å². The van der Waals surface area contributed by atoms with E-state index in [1.807, 2.05) is 12.1 Å². The van der Waals surface area contributed by atoms with Gasteiger partial charge in [-0.2, -0.15) is 0 Å². The number of pyridine rings is 1. The molecule has 1 aromatic heterocycles. The molecule has 0 radical (unpaired) electrons. The number of nitrogens with one attached hydrogen (secondary N) is 1. The summed E-state index contributed by atoms with van der Waals surface area (Å²) < 4.78 is 16.1. The molecule has 0 spiro atoms. The second-order valence-corrected chi connectivity index (χ2v) is 4.44. The minimum atomic E-state index is -0.693. The van der Waals surface area contributed by atoms with Crippen LogP contribution in [0.5, 0.6) is 17.4 Å². The van der Waals surface area contributed by atoms with Crippen LogP contribution in [-0.2, 0) is 4.79 Å². The van der Waals surface area contributed by atoms with Crippen molar-refractivity contribution in [3.05, 3.63) is 42.6 Å². The Labute approximate surface area is 121 Å². The number of benzene rings is 1. The predicted molar refractivity (Wildman–Crippen MR) is 75.8 cm³/mol. The molecular weight excluding hydrogens is 272 g/mol. The van der Waals surface area contributed by atoms with E-state index in [1.54, 1.807) is 24.3 Å². The number of anilines is 1. The van der Waals surface area contributed by atoms with Gasteiger partial charge in [0.15, 0.2) is 11.5 Å². The summed E-state index contributed by atoms with van der Waals surface area (Å²) in [6.07, 6.45) is 0.830. The van der Waals surface area contributed by atoms with Crippen LogP contribution in [0.2, 0.25) is 0 Å². The molecule has 1 N–H and O–H groups in total. The number of hydrogen-bond acceptors (Lipinski definition) is 5. The van der Waals surface area contributed by atoms with E-state index >= 15 is 0 Å². The van der Waals surface area contributed by atoms with Crippen molar-refractivity contribution in [1.82, 2.24) is 4.98 Å². The Balaban J connectivity index is 1.66. The maximum atomic E-state index is 12.2. The van der Waals surface area contributed by atoms with Gasteiger partial charge in [0.2, 0.25) is 12.0 Å². The minimum Gasteiger partial charge on any atom is -0.485 e. The maximum Gasteiger partial charge on any atom is 0.269 e. The highest BCUT2D eigenvalue weighted by Crippen LogP contribution is 2.31. The highest BCUT2D eigenvalue weighted by Gasteiger charge is 2.27. The van der Waals surface area contributed by atoms with Gasteiger partial charge in [0.05, 0.1) is 19.0 Å². The summed E-state index contributed by atoms with van der Waals surface area (Å²) in [6, 6.07) is 10.6. The van der Waals surface area contributed by atoms with Gasteiger partial charge in [0.25, 0.3) is 5.91 Å². The number of carbonyl (C=O) groups is 1. The van der Waals surface area contributed by atoms with E-state index in [1.165, 1.54) is 13.3 Å². The largest absolute Gasteiger partial charge is 0.485 e. The second kappa shape index (κ2) is 5.70. The van der Waals surface area contributed by atoms with Crippen molar-refractivity contribution in [2.24, 2.45) is 0 Å². The summed E-state index contributed by atoms with van der Waals surface area (Å²) in [4.78, 5) is 16.2. The van der Waals surface area contributed by atoms with Crippen molar-refractivity contribution in [2.45, 2.75) is 6.10 Å². The Bertz CT molecular complexity index is 642. The fraction of sp³-hybridized carbons (Fsp3) is 0.200. The fourth-order valence-electron chi connectivity index (χ4n) is 1.95. The van der Waals surface area contributed by atoms with Crippen LogP contribution >= 0.6 is 0 Å². The van der Waals surface area contributed by atoms with Gasteiger partial charge < -0.3 is 19.5 Å². The number of nitrogens with zero attached hydrogens (tertiary/aromatic N) is 1. The quantitative estimate of drug-likeness (QED) is 0.932. The zero-order chi connectivity index (χ0) is 14.7. The normalized spacial score (nSPS) is 16.1. The molecule has 0 aliphatic carbocycles. The SMILES string of the molecule is COc1ccc(NC(=O)C2COc3ccccc3O2)cn1. The number of methoxy groups -OCH3 is 1. The lowest BCUT2D eigenvalue weighted by atomic mass is 10.2. The number of fused-ring (bicyclic) bond motifs is 1. The van der Waals surface area contributed by atoms with Gasteiger partial charge >= 0.3 is 0 Å². The summed E-state index contributed by atoms with van der Waals surface area (Å²) in [6.45, 7) is 0.173. The van der Waals surface area contributed by atoms with Crippen LogP contribution < -0.4 is 19.5 Å². The van der Waals surface area contributed by atoms with Crippen LogP contribution in [0.1, 0.15) is 0 Å². The van der Waals surface area contributed by atoms with Crippen molar-refractivity contribution in [2.75, 3.05) is 19.0 Å². The lowest BCUT2D eigenvalue weighted by Crippen LogP contribution is -2.40. The van der Waals surface area contributed by atoms with Gasteiger partial charge in [-0.25, -0.2) is 4.98 Å². The number of aromatic nitrogens is 1. The molecule has 6 heteroatoms. The summed E-state index contributed by atoms with van der Waals surface area (Å²) in [7, 11) is 1.53. The number of para-hydroxylation sites is 2. The van der Waals surface area contributed by atoms with E-state index < -0.39 is 6.10 Å². The van der Waals surface area contributed by atoms with E-state index in [0.29, 0.717) is 23.1 Å². The number of hydrogen-bond donors (Lipinski definition) is 1. The Morgan fingerprint density at radius 3 is 2.81 bits per heavy atom. The Kier molecular flexibility index (Phi) is 3.59. The lowest BCUT2D eigenvalue weighted by molar-refractivity contribution is -0.125. The predicted octanol–water partition coefficient (Wildman–Crippen LogP) is 1.87. The van der Waals surface area contributed by atoms with Gasteiger partial charge in [-0.15, -0.1) is 0 Å². The monoisotopic (exact) mass is 286 g/mol. The van der Waals surface area contributed by atoms with Crippen molar-refractivity contribution in [3.63, 3.8) is 0 Å². The maximum absolute atomic E-state index is 12.2. The molecule has 108 valence electrons. The highest BCUT2D eigenvalue weighted by atomic mass is 16.6. The van der Waals surface area contributed by atoms with E-state index in [0.717, 1.165) is 0 Å². The first-order valence-electron chi connectivity index (χ1n) is 6.45. The summed E-state index contributed by atoms with van der Waals surface area (Å²) in [5, 5.41) is 2.73. The molecule has 6 nitrogen and oxygen atoms in total. The summed E-state index contributed by atoms with van der Waals surface area (Å²) in [5.41, 5.74) is 0.572. The molecule has 0 bridgehead atoms. The molecule has 0 fully saturated rings. The molecule has 21 heavy (non-hydrogen) atoms. The smallest absolute Gasteiger partial charge is 0.269 e. The van der Waals surface area contributed by atoms with E-state index in [2.05, 4.69) is 10.3 Å².